The molecule has 2 amide bonds. The van der Waals surface area contributed by atoms with Gasteiger partial charge in [0, 0.05) is 35.6 Å². The Labute approximate surface area is 199 Å². The van der Waals surface area contributed by atoms with Gasteiger partial charge in [0.1, 0.15) is 0 Å². The summed E-state index contributed by atoms with van der Waals surface area (Å²) >= 11 is 0. The third kappa shape index (κ3) is 4.55. The molecule has 170 valence electrons. The molecule has 1 aliphatic heterocycles. The van der Waals surface area contributed by atoms with Crippen LogP contribution in [0.5, 0.6) is 0 Å². The Morgan fingerprint density at radius 3 is 2.29 bits per heavy atom. The zero-order valence-electron chi connectivity index (χ0n) is 19.2. The summed E-state index contributed by atoms with van der Waals surface area (Å²) in [6.45, 7) is 3.17. The summed E-state index contributed by atoms with van der Waals surface area (Å²) in [5.74, 6) is -0.0789. The Bertz CT molecular complexity index is 1320. The maximum Gasteiger partial charge on any atom is 0.254 e. The summed E-state index contributed by atoms with van der Waals surface area (Å²) in [4.78, 5) is 33.0. The number of likely N-dealkylation sites (tertiary alicyclic amines) is 1. The first-order valence-electron chi connectivity index (χ1n) is 11.7. The van der Waals surface area contributed by atoms with Crippen LogP contribution in [-0.2, 0) is 4.79 Å². The molecule has 4 aromatic rings. The third-order valence-corrected chi connectivity index (χ3v) is 6.49. The van der Waals surface area contributed by atoms with Crippen LogP contribution in [0.1, 0.15) is 28.8 Å². The maximum atomic E-state index is 13.6. The number of rotatable bonds is 4. The van der Waals surface area contributed by atoms with Crippen LogP contribution in [0.4, 0.5) is 5.69 Å². The van der Waals surface area contributed by atoms with Crippen LogP contribution in [0.15, 0.2) is 84.9 Å². The van der Waals surface area contributed by atoms with Crippen molar-refractivity contribution < 1.29 is 9.59 Å². The first-order valence-corrected chi connectivity index (χ1v) is 11.7. The number of fused-ring (bicyclic) bond motifs is 1. The van der Waals surface area contributed by atoms with Gasteiger partial charge in [-0.1, -0.05) is 66.2 Å². The van der Waals surface area contributed by atoms with Gasteiger partial charge in [0.25, 0.3) is 5.91 Å². The molecule has 5 heteroatoms. The van der Waals surface area contributed by atoms with Crippen molar-refractivity contribution in [2.24, 2.45) is 5.92 Å². The zero-order valence-corrected chi connectivity index (χ0v) is 19.2. The van der Waals surface area contributed by atoms with Gasteiger partial charge in [0.2, 0.25) is 5.91 Å². The van der Waals surface area contributed by atoms with Gasteiger partial charge >= 0.3 is 0 Å². The zero-order chi connectivity index (χ0) is 23.5. The minimum atomic E-state index is -0.0958. The quantitative estimate of drug-likeness (QED) is 0.435. The fourth-order valence-electron chi connectivity index (χ4n) is 4.51. The highest BCUT2D eigenvalue weighted by Gasteiger charge is 2.29. The van der Waals surface area contributed by atoms with Crippen LogP contribution in [-0.4, -0.2) is 34.8 Å². The monoisotopic (exact) mass is 449 g/mol. The molecular weight excluding hydrogens is 422 g/mol. The van der Waals surface area contributed by atoms with Gasteiger partial charge in [-0.15, -0.1) is 0 Å². The summed E-state index contributed by atoms with van der Waals surface area (Å²) in [6, 6.07) is 27.4. The van der Waals surface area contributed by atoms with Gasteiger partial charge in [-0.05, 0) is 44.0 Å². The molecule has 0 aliphatic carbocycles. The smallest absolute Gasteiger partial charge is 0.254 e. The molecule has 2 heterocycles. The Morgan fingerprint density at radius 2 is 1.56 bits per heavy atom. The fourth-order valence-corrected chi connectivity index (χ4v) is 4.51. The van der Waals surface area contributed by atoms with E-state index in [0.29, 0.717) is 31.5 Å². The molecule has 0 saturated carbocycles. The largest absolute Gasteiger partial charge is 0.339 e. The van der Waals surface area contributed by atoms with Crippen molar-refractivity contribution in [2.75, 3.05) is 18.4 Å². The SMILES string of the molecule is Cc1ccc(-c2cc(C(=O)N3CCC(C(=O)Nc4ccccc4)CC3)c3ccccc3n2)cc1. The number of benzene rings is 3. The lowest BCUT2D eigenvalue weighted by molar-refractivity contribution is -0.121. The predicted molar refractivity (Wildman–Crippen MR) is 136 cm³/mol. The Kier molecular flexibility index (Phi) is 6.09. The number of carbonyl (C=O) groups is 2. The maximum absolute atomic E-state index is 13.6. The number of pyridine rings is 1. The highest BCUT2D eigenvalue weighted by molar-refractivity contribution is 6.07. The second kappa shape index (κ2) is 9.48. The molecule has 0 atom stereocenters. The number of carbonyl (C=O) groups excluding carboxylic acids is 2. The second-order valence-corrected chi connectivity index (χ2v) is 8.86. The molecule has 0 spiro atoms. The van der Waals surface area contributed by atoms with Gasteiger partial charge in [0.15, 0.2) is 0 Å². The van der Waals surface area contributed by atoms with E-state index in [1.165, 1.54) is 5.56 Å². The normalized spacial score (nSPS) is 14.2. The standard InChI is InChI=1S/C29H27N3O2/c1-20-11-13-21(14-12-20)27-19-25(24-9-5-6-10-26(24)31-27)29(34)32-17-15-22(16-18-32)28(33)30-23-7-3-2-4-8-23/h2-14,19,22H,15-18H2,1H3,(H,30,33). The molecule has 1 N–H and O–H groups in total. The summed E-state index contributed by atoms with van der Waals surface area (Å²) < 4.78 is 0. The Hall–Kier alpha value is -3.99. The van der Waals surface area contributed by atoms with Crippen LogP contribution in [0.2, 0.25) is 0 Å². The van der Waals surface area contributed by atoms with Crippen molar-refractivity contribution >= 4 is 28.4 Å². The lowest BCUT2D eigenvalue weighted by Crippen LogP contribution is -2.41. The van der Waals surface area contributed by atoms with Gasteiger partial charge in [0.05, 0.1) is 16.8 Å². The van der Waals surface area contributed by atoms with Crippen LogP contribution < -0.4 is 5.32 Å². The first-order chi connectivity index (χ1) is 16.6. The summed E-state index contributed by atoms with van der Waals surface area (Å²) in [5, 5.41) is 3.84. The van der Waals surface area contributed by atoms with Crippen LogP contribution in [0.3, 0.4) is 0 Å². The number of para-hydroxylation sites is 2. The number of hydrogen-bond donors (Lipinski definition) is 1. The topological polar surface area (TPSA) is 62.3 Å². The van der Waals surface area contributed by atoms with Gasteiger partial charge in [-0.3, -0.25) is 9.59 Å². The number of nitrogens with zero attached hydrogens (tertiary/aromatic N) is 2. The lowest BCUT2D eigenvalue weighted by Gasteiger charge is -2.31. The number of amides is 2. The first kappa shape index (κ1) is 21.8. The number of piperidine rings is 1. The van der Waals surface area contributed by atoms with Gasteiger partial charge < -0.3 is 10.2 Å². The summed E-state index contributed by atoms with van der Waals surface area (Å²) in [7, 11) is 0. The minimum Gasteiger partial charge on any atom is -0.339 e. The molecule has 5 rings (SSSR count). The predicted octanol–water partition coefficient (Wildman–Crippen LogP) is 5.70. The Morgan fingerprint density at radius 1 is 0.882 bits per heavy atom. The number of aromatic nitrogens is 1. The average Bonchev–Trinajstić information content (AvgIpc) is 2.89. The molecule has 34 heavy (non-hydrogen) atoms. The Balaban J connectivity index is 1.35. The molecule has 0 radical (unpaired) electrons. The van der Waals surface area contributed by atoms with Crippen molar-refractivity contribution in [3.05, 3.63) is 96.1 Å². The van der Waals surface area contributed by atoms with Gasteiger partial charge in [-0.2, -0.15) is 0 Å². The number of anilines is 1. The molecule has 1 fully saturated rings. The molecule has 5 nitrogen and oxygen atoms in total. The van der Waals surface area contributed by atoms with Crippen molar-refractivity contribution in [2.45, 2.75) is 19.8 Å². The number of hydrogen-bond acceptors (Lipinski definition) is 3. The highest BCUT2D eigenvalue weighted by Crippen LogP contribution is 2.28. The fraction of sp³-hybridized carbons (Fsp3) is 0.207. The lowest BCUT2D eigenvalue weighted by atomic mass is 9.94. The van der Waals surface area contributed by atoms with E-state index in [1.807, 2.05) is 77.7 Å². The van der Waals surface area contributed by atoms with Crippen LogP contribution in [0, 0.1) is 12.8 Å². The molecule has 3 aromatic carbocycles. The van der Waals surface area contributed by atoms with E-state index in [0.717, 1.165) is 27.8 Å². The van der Waals surface area contributed by atoms with E-state index in [1.54, 1.807) is 0 Å². The third-order valence-electron chi connectivity index (χ3n) is 6.49. The molecule has 0 bridgehead atoms. The van der Waals surface area contributed by atoms with E-state index in [9.17, 15) is 9.59 Å². The van der Waals surface area contributed by atoms with E-state index in [-0.39, 0.29) is 17.7 Å². The molecule has 1 aromatic heterocycles. The molecule has 1 saturated heterocycles. The van der Waals surface area contributed by atoms with E-state index in [2.05, 4.69) is 24.4 Å². The highest BCUT2D eigenvalue weighted by atomic mass is 16.2. The van der Waals surface area contributed by atoms with Crippen LogP contribution >= 0.6 is 0 Å². The molecular formula is C29H27N3O2. The number of nitrogens with one attached hydrogen (secondary N) is 1. The van der Waals surface area contributed by atoms with Crippen molar-refractivity contribution in [3.8, 4) is 11.3 Å². The van der Waals surface area contributed by atoms with Crippen molar-refractivity contribution in [1.82, 2.24) is 9.88 Å². The average molecular weight is 450 g/mol. The van der Waals surface area contributed by atoms with Gasteiger partial charge in [-0.25, -0.2) is 4.98 Å². The number of aryl methyl sites for hydroxylation is 1. The molecule has 0 unspecified atom stereocenters. The second-order valence-electron chi connectivity index (χ2n) is 8.86. The van der Waals surface area contributed by atoms with Crippen LogP contribution in [0.25, 0.3) is 22.2 Å². The minimum absolute atomic E-state index is 0.00567. The van der Waals surface area contributed by atoms with Crippen molar-refractivity contribution in [3.63, 3.8) is 0 Å². The van der Waals surface area contributed by atoms with E-state index in [4.69, 9.17) is 4.98 Å². The van der Waals surface area contributed by atoms with E-state index < -0.39 is 0 Å². The van der Waals surface area contributed by atoms with E-state index >= 15 is 0 Å². The van der Waals surface area contributed by atoms with Crippen molar-refractivity contribution in [1.29, 1.82) is 0 Å². The summed E-state index contributed by atoms with van der Waals surface area (Å²) in [6.07, 6.45) is 1.30. The molecule has 1 aliphatic rings. The summed E-state index contributed by atoms with van der Waals surface area (Å²) in [5.41, 5.74) is 5.23.